The van der Waals surface area contributed by atoms with Crippen molar-refractivity contribution in [3.05, 3.63) is 52.5 Å². The van der Waals surface area contributed by atoms with Crippen LogP contribution in [-0.4, -0.2) is 16.0 Å². The zero-order valence-electron chi connectivity index (χ0n) is 12.4. The molecule has 0 saturated heterocycles. The summed E-state index contributed by atoms with van der Waals surface area (Å²) in [5, 5.41) is 8.91. The van der Waals surface area contributed by atoms with Crippen LogP contribution in [0.25, 0.3) is 11.4 Å². The molecule has 2 aromatic heterocycles. The van der Waals surface area contributed by atoms with Crippen molar-refractivity contribution >= 4 is 22.9 Å². The first-order valence-electron chi connectivity index (χ1n) is 7.54. The highest BCUT2D eigenvalue weighted by Gasteiger charge is 2.29. The molecule has 0 atom stereocenters. The maximum Gasteiger partial charge on any atom is 0.230 e. The Kier molecular flexibility index (Phi) is 3.67. The summed E-state index contributed by atoms with van der Waals surface area (Å²) < 4.78 is 5.29. The quantitative estimate of drug-likeness (QED) is 0.773. The van der Waals surface area contributed by atoms with E-state index in [4.69, 9.17) is 4.52 Å². The second-order valence-corrected chi connectivity index (χ2v) is 6.65. The van der Waals surface area contributed by atoms with Crippen molar-refractivity contribution in [1.82, 2.24) is 10.1 Å². The molecule has 23 heavy (non-hydrogen) atoms. The number of aromatic nitrogens is 2. The molecule has 1 aliphatic carbocycles. The summed E-state index contributed by atoms with van der Waals surface area (Å²) in [7, 11) is 0. The molecule has 0 unspecified atom stereocenters. The number of hydrogen-bond acceptors (Lipinski definition) is 5. The van der Waals surface area contributed by atoms with Crippen LogP contribution in [0.2, 0.25) is 0 Å². The van der Waals surface area contributed by atoms with Crippen LogP contribution in [0.1, 0.15) is 29.5 Å². The van der Waals surface area contributed by atoms with Gasteiger partial charge in [0.1, 0.15) is 0 Å². The summed E-state index contributed by atoms with van der Waals surface area (Å²) in [6, 6.07) is 11.4. The molecule has 0 spiro atoms. The van der Waals surface area contributed by atoms with Crippen LogP contribution >= 0.6 is 11.3 Å². The first-order chi connectivity index (χ1) is 11.3. The van der Waals surface area contributed by atoms with E-state index in [0.29, 0.717) is 24.1 Å². The molecule has 5 nitrogen and oxygen atoms in total. The molecule has 3 aromatic rings. The fourth-order valence-corrected chi connectivity index (χ4v) is 3.06. The maximum absolute atomic E-state index is 12.1. The third-order valence-electron chi connectivity index (χ3n) is 3.69. The predicted octanol–water partition coefficient (Wildman–Crippen LogP) is 3.86. The summed E-state index contributed by atoms with van der Waals surface area (Å²) in [6.07, 6.45) is 2.64. The van der Waals surface area contributed by atoms with Crippen molar-refractivity contribution in [3.8, 4) is 11.4 Å². The van der Waals surface area contributed by atoms with Crippen LogP contribution in [0.4, 0.5) is 5.69 Å². The number of amides is 1. The molecule has 0 radical (unpaired) electrons. The molecule has 4 rings (SSSR count). The SMILES string of the molecule is O=C(Cc1cccs1)Nc1cccc(-c2noc(C3CC3)n2)c1. The summed E-state index contributed by atoms with van der Waals surface area (Å²) >= 11 is 1.58. The van der Waals surface area contributed by atoms with E-state index >= 15 is 0 Å². The Balaban J connectivity index is 1.47. The molecule has 1 N–H and O–H groups in total. The van der Waals surface area contributed by atoms with E-state index in [1.165, 1.54) is 0 Å². The zero-order chi connectivity index (χ0) is 15.6. The highest BCUT2D eigenvalue weighted by atomic mass is 32.1. The van der Waals surface area contributed by atoms with Crippen LogP contribution < -0.4 is 5.32 Å². The van der Waals surface area contributed by atoms with Gasteiger partial charge in [-0.3, -0.25) is 4.79 Å². The van der Waals surface area contributed by atoms with Crippen molar-refractivity contribution in [2.75, 3.05) is 5.32 Å². The van der Waals surface area contributed by atoms with Gasteiger partial charge in [0.15, 0.2) is 0 Å². The number of carbonyl (C=O) groups excluding carboxylic acids is 1. The van der Waals surface area contributed by atoms with Gasteiger partial charge in [-0.25, -0.2) is 0 Å². The molecule has 1 fully saturated rings. The largest absolute Gasteiger partial charge is 0.339 e. The van der Waals surface area contributed by atoms with E-state index in [1.54, 1.807) is 11.3 Å². The van der Waals surface area contributed by atoms with Crippen molar-refractivity contribution in [1.29, 1.82) is 0 Å². The van der Waals surface area contributed by atoms with Crippen LogP contribution in [0.5, 0.6) is 0 Å². The van der Waals surface area contributed by atoms with Gasteiger partial charge < -0.3 is 9.84 Å². The number of nitrogens with zero attached hydrogens (tertiary/aromatic N) is 2. The molecule has 0 aliphatic heterocycles. The van der Waals surface area contributed by atoms with E-state index in [0.717, 1.165) is 29.0 Å². The van der Waals surface area contributed by atoms with E-state index in [9.17, 15) is 4.79 Å². The Morgan fingerprint density at radius 1 is 1.30 bits per heavy atom. The third-order valence-corrected chi connectivity index (χ3v) is 4.56. The summed E-state index contributed by atoms with van der Waals surface area (Å²) in [6.45, 7) is 0. The van der Waals surface area contributed by atoms with Crippen molar-refractivity contribution in [2.45, 2.75) is 25.2 Å². The topological polar surface area (TPSA) is 68.0 Å². The van der Waals surface area contributed by atoms with Crippen LogP contribution in [0.15, 0.2) is 46.3 Å². The van der Waals surface area contributed by atoms with E-state index in [-0.39, 0.29) is 5.91 Å². The molecule has 0 bridgehead atoms. The average molecular weight is 325 g/mol. The Morgan fingerprint density at radius 2 is 2.22 bits per heavy atom. The molecular weight excluding hydrogens is 310 g/mol. The predicted molar refractivity (Wildman–Crippen MR) is 88.4 cm³/mol. The normalized spacial score (nSPS) is 13.9. The molecule has 1 saturated carbocycles. The number of thiophene rings is 1. The van der Waals surface area contributed by atoms with E-state index in [1.807, 2.05) is 41.8 Å². The first-order valence-corrected chi connectivity index (χ1v) is 8.42. The number of carbonyl (C=O) groups is 1. The maximum atomic E-state index is 12.1. The first kappa shape index (κ1) is 14.1. The Bertz CT molecular complexity index is 822. The van der Waals surface area contributed by atoms with Gasteiger partial charge in [-0.15, -0.1) is 11.3 Å². The molecule has 116 valence electrons. The number of anilines is 1. The van der Waals surface area contributed by atoms with Gasteiger partial charge in [0.05, 0.1) is 6.42 Å². The zero-order valence-corrected chi connectivity index (χ0v) is 13.2. The van der Waals surface area contributed by atoms with Gasteiger partial charge in [-0.2, -0.15) is 4.98 Å². The van der Waals surface area contributed by atoms with Crippen molar-refractivity contribution < 1.29 is 9.32 Å². The Morgan fingerprint density at radius 3 is 3.00 bits per heavy atom. The lowest BCUT2D eigenvalue weighted by atomic mass is 10.2. The Hall–Kier alpha value is -2.47. The van der Waals surface area contributed by atoms with Gasteiger partial charge in [0, 0.05) is 22.0 Å². The van der Waals surface area contributed by atoms with Crippen LogP contribution in [0, 0.1) is 0 Å². The van der Waals surface area contributed by atoms with Gasteiger partial charge in [-0.1, -0.05) is 23.4 Å². The summed E-state index contributed by atoms with van der Waals surface area (Å²) in [4.78, 5) is 17.6. The van der Waals surface area contributed by atoms with Gasteiger partial charge >= 0.3 is 0 Å². The number of rotatable bonds is 5. The highest BCUT2D eigenvalue weighted by molar-refractivity contribution is 7.10. The number of benzene rings is 1. The second kappa shape index (κ2) is 5.96. The van der Waals surface area contributed by atoms with E-state index < -0.39 is 0 Å². The molecule has 1 aliphatic rings. The fourth-order valence-electron chi connectivity index (χ4n) is 2.36. The molecule has 1 amide bonds. The molecule has 2 heterocycles. The van der Waals surface area contributed by atoms with Gasteiger partial charge in [-0.05, 0) is 36.4 Å². The van der Waals surface area contributed by atoms with Crippen LogP contribution in [0.3, 0.4) is 0 Å². The monoisotopic (exact) mass is 325 g/mol. The number of nitrogens with one attached hydrogen (secondary N) is 1. The lowest BCUT2D eigenvalue weighted by molar-refractivity contribution is -0.115. The molecule has 6 heteroatoms. The molecule has 1 aromatic carbocycles. The minimum absolute atomic E-state index is 0.0311. The third kappa shape index (κ3) is 3.32. The minimum Gasteiger partial charge on any atom is -0.339 e. The minimum atomic E-state index is -0.0311. The smallest absolute Gasteiger partial charge is 0.230 e. The Labute approximate surface area is 137 Å². The lowest BCUT2D eigenvalue weighted by Gasteiger charge is -2.05. The van der Waals surface area contributed by atoms with E-state index in [2.05, 4.69) is 15.5 Å². The highest BCUT2D eigenvalue weighted by Crippen LogP contribution is 2.39. The molecular formula is C17H15N3O2S. The fraction of sp³-hybridized carbons (Fsp3) is 0.235. The van der Waals surface area contributed by atoms with Gasteiger partial charge in [0.25, 0.3) is 0 Å². The van der Waals surface area contributed by atoms with Gasteiger partial charge in [0.2, 0.25) is 17.6 Å². The average Bonchev–Trinajstić information content (AvgIpc) is 3.07. The van der Waals surface area contributed by atoms with Crippen LogP contribution in [-0.2, 0) is 11.2 Å². The summed E-state index contributed by atoms with van der Waals surface area (Å²) in [5.74, 6) is 1.69. The number of hydrogen-bond donors (Lipinski definition) is 1. The lowest BCUT2D eigenvalue weighted by Crippen LogP contribution is -2.13. The second-order valence-electron chi connectivity index (χ2n) is 5.62. The summed E-state index contributed by atoms with van der Waals surface area (Å²) in [5.41, 5.74) is 1.58. The standard InChI is InChI=1S/C17H15N3O2S/c21-15(10-14-5-2-8-23-14)18-13-4-1-3-12(9-13)16-19-17(22-20-16)11-6-7-11/h1-5,8-9,11H,6-7,10H2,(H,18,21). The van der Waals surface area contributed by atoms with Crippen molar-refractivity contribution in [3.63, 3.8) is 0 Å². The van der Waals surface area contributed by atoms with Crippen molar-refractivity contribution in [2.24, 2.45) is 0 Å².